The molecule has 0 bridgehead atoms. The molecule has 0 saturated heterocycles. The highest BCUT2D eigenvalue weighted by Gasteiger charge is 2.13. The third-order valence-corrected chi connectivity index (χ3v) is 3.42. The van der Waals surface area contributed by atoms with Crippen LogP contribution in [0.2, 0.25) is 0 Å². The highest BCUT2D eigenvalue weighted by atomic mass is 79.9. The van der Waals surface area contributed by atoms with Crippen LogP contribution in [-0.2, 0) is 7.05 Å². The van der Waals surface area contributed by atoms with Crippen molar-refractivity contribution >= 4 is 32.8 Å². The van der Waals surface area contributed by atoms with Gasteiger partial charge in [-0.3, -0.25) is 4.68 Å². The van der Waals surface area contributed by atoms with Crippen LogP contribution >= 0.6 is 15.9 Å². The van der Waals surface area contributed by atoms with Gasteiger partial charge in [-0.25, -0.2) is 4.98 Å². The number of hydrogen-bond acceptors (Lipinski definition) is 4. The molecule has 17 heavy (non-hydrogen) atoms. The third-order valence-electron chi connectivity index (χ3n) is 2.64. The molecule has 0 amide bonds. The van der Waals surface area contributed by atoms with E-state index in [1.165, 1.54) is 6.39 Å². The number of hydrogen-bond donors (Lipinski definition) is 1. The summed E-state index contributed by atoms with van der Waals surface area (Å²) in [4.78, 5) is 4.07. The van der Waals surface area contributed by atoms with Gasteiger partial charge in [0.05, 0.1) is 4.47 Å². The zero-order valence-corrected chi connectivity index (χ0v) is 10.6. The van der Waals surface area contributed by atoms with Crippen LogP contribution in [0.3, 0.4) is 0 Å². The Hall–Kier alpha value is -1.82. The van der Waals surface area contributed by atoms with E-state index in [1.807, 2.05) is 18.2 Å². The average Bonchev–Trinajstić information content (AvgIpc) is 2.89. The second kappa shape index (κ2) is 3.59. The number of oxazole rings is 1. The summed E-state index contributed by atoms with van der Waals surface area (Å²) in [6.45, 7) is 0. The quantitative estimate of drug-likeness (QED) is 0.748. The van der Waals surface area contributed by atoms with Crippen LogP contribution in [0.1, 0.15) is 0 Å². The van der Waals surface area contributed by atoms with Gasteiger partial charge in [-0.2, -0.15) is 5.10 Å². The normalized spacial score (nSPS) is 11.2. The Bertz CT molecular complexity index is 701. The van der Waals surface area contributed by atoms with E-state index in [9.17, 15) is 0 Å². The summed E-state index contributed by atoms with van der Waals surface area (Å²) < 4.78 is 7.68. The molecule has 86 valence electrons. The van der Waals surface area contributed by atoms with E-state index in [0.717, 1.165) is 26.8 Å². The van der Waals surface area contributed by atoms with Gasteiger partial charge in [0.15, 0.2) is 12.0 Å². The van der Waals surface area contributed by atoms with E-state index < -0.39 is 0 Å². The predicted molar refractivity (Wildman–Crippen MR) is 68.3 cm³/mol. The molecule has 5 nitrogen and oxygen atoms in total. The lowest BCUT2D eigenvalue weighted by Crippen LogP contribution is -1.97. The molecule has 0 aliphatic heterocycles. The molecule has 0 aliphatic carbocycles. The van der Waals surface area contributed by atoms with Crippen LogP contribution in [0.15, 0.2) is 33.5 Å². The second-order valence-electron chi connectivity index (χ2n) is 3.71. The number of rotatable bonds is 1. The Kier molecular flexibility index (Phi) is 2.19. The zero-order valence-electron chi connectivity index (χ0n) is 9.01. The maximum Gasteiger partial charge on any atom is 0.181 e. The van der Waals surface area contributed by atoms with Gasteiger partial charge in [0.1, 0.15) is 17.0 Å². The zero-order chi connectivity index (χ0) is 12.0. The van der Waals surface area contributed by atoms with E-state index in [0.29, 0.717) is 5.82 Å². The topological polar surface area (TPSA) is 69.9 Å². The van der Waals surface area contributed by atoms with Crippen LogP contribution in [0.4, 0.5) is 5.82 Å². The lowest BCUT2D eigenvalue weighted by molar-refractivity contribution is 0.602. The molecule has 0 aliphatic rings. The number of fused-ring (bicyclic) bond motifs is 1. The molecule has 3 aromatic rings. The minimum Gasteiger partial charge on any atom is -0.443 e. The molecule has 2 aromatic heterocycles. The molecule has 0 spiro atoms. The summed E-state index contributed by atoms with van der Waals surface area (Å²) in [7, 11) is 1.80. The number of nitrogens with two attached hydrogens (primary N) is 1. The van der Waals surface area contributed by atoms with E-state index in [1.54, 1.807) is 11.7 Å². The Labute approximate surface area is 105 Å². The summed E-state index contributed by atoms with van der Waals surface area (Å²) in [6, 6.07) is 5.73. The molecular formula is C11H9BrN4O. The fourth-order valence-corrected chi connectivity index (χ4v) is 2.26. The molecule has 6 heteroatoms. The minimum atomic E-state index is 0.595. The molecule has 0 fully saturated rings. The Morgan fingerprint density at radius 3 is 2.94 bits per heavy atom. The van der Waals surface area contributed by atoms with Gasteiger partial charge in [-0.05, 0) is 28.1 Å². The van der Waals surface area contributed by atoms with E-state index >= 15 is 0 Å². The number of aryl methyl sites for hydroxylation is 1. The Morgan fingerprint density at radius 1 is 1.41 bits per heavy atom. The second-order valence-corrected chi connectivity index (χ2v) is 4.50. The van der Waals surface area contributed by atoms with Crippen molar-refractivity contribution in [1.29, 1.82) is 0 Å². The van der Waals surface area contributed by atoms with E-state index in [-0.39, 0.29) is 0 Å². The summed E-state index contributed by atoms with van der Waals surface area (Å²) in [5.74, 6) is 0.595. The maximum atomic E-state index is 5.85. The Balaban J connectivity index is 2.22. The van der Waals surface area contributed by atoms with Crippen molar-refractivity contribution in [1.82, 2.24) is 14.8 Å². The highest BCUT2D eigenvalue weighted by molar-refractivity contribution is 9.10. The maximum absolute atomic E-state index is 5.85. The molecule has 2 N–H and O–H groups in total. The molecule has 0 atom stereocenters. The van der Waals surface area contributed by atoms with Crippen LogP contribution in [0.25, 0.3) is 22.4 Å². The summed E-state index contributed by atoms with van der Waals surface area (Å²) in [6.07, 6.45) is 1.43. The van der Waals surface area contributed by atoms with Crippen LogP contribution in [0.5, 0.6) is 0 Å². The highest BCUT2D eigenvalue weighted by Crippen LogP contribution is 2.32. The monoisotopic (exact) mass is 292 g/mol. The van der Waals surface area contributed by atoms with E-state index in [4.69, 9.17) is 10.2 Å². The van der Waals surface area contributed by atoms with Gasteiger partial charge < -0.3 is 10.2 Å². The molecule has 3 rings (SSSR count). The number of nitrogen functional groups attached to an aromatic ring is 1. The number of nitrogens with zero attached hydrogens (tertiary/aromatic N) is 3. The van der Waals surface area contributed by atoms with Crippen molar-refractivity contribution in [2.24, 2.45) is 7.05 Å². The first-order valence-corrected chi connectivity index (χ1v) is 5.77. The first kappa shape index (κ1) is 10.3. The SMILES string of the molecule is Cn1nc(-c2ccc3ncoc3c2)c(Br)c1N. The van der Waals surface area contributed by atoms with Gasteiger partial charge in [-0.15, -0.1) is 0 Å². The summed E-state index contributed by atoms with van der Waals surface area (Å²) in [5, 5.41) is 4.35. The van der Waals surface area contributed by atoms with Gasteiger partial charge >= 0.3 is 0 Å². The third kappa shape index (κ3) is 1.52. The fraction of sp³-hybridized carbons (Fsp3) is 0.0909. The van der Waals surface area contributed by atoms with Crippen molar-refractivity contribution in [2.45, 2.75) is 0 Å². The molecular weight excluding hydrogens is 284 g/mol. The van der Waals surface area contributed by atoms with Gasteiger partial charge in [0.2, 0.25) is 0 Å². The lowest BCUT2D eigenvalue weighted by Gasteiger charge is -1.96. The average molecular weight is 293 g/mol. The summed E-state index contributed by atoms with van der Waals surface area (Å²) >= 11 is 3.44. The van der Waals surface area contributed by atoms with Crippen LogP contribution < -0.4 is 5.73 Å². The number of benzene rings is 1. The number of anilines is 1. The lowest BCUT2D eigenvalue weighted by atomic mass is 10.1. The number of halogens is 1. The molecule has 2 heterocycles. The van der Waals surface area contributed by atoms with E-state index in [2.05, 4.69) is 26.0 Å². The van der Waals surface area contributed by atoms with Crippen LogP contribution in [-0.4, -0.2) is 14.8 Å². The molecule has 0 saturated carbocycles. The van der Waals surface area contributed by atoms with Crippen molar-refractivity contribution in [3.63, 3.8) is 0 Å². The first-order chi connectivity index (χ1) is 8.16. The summed E-state index contributed by atoms with van der Waals surface area (Å²) in [5.41, 5.74) is 9.15. The smallest absolute Gasteiger partial charge is 0.181 e. The molecule has 0 radical (unpaired) electrons. The standard InChI is InChI=1S/C11H9BrN4O/c1-16-11(13)9(12)10(15-16)6-2-3-7-8(4-6)17-5-14-7/h2-5H,13H2,1H3. The first-order valence-electron chi connectivity index (χ1n) is 4.98. The minimum absolute atomic E-state index is 0.595. The Morgan fingerprint density at radius 2 is 2.24 bits per heavy atom. The molecule has 0 unspecified atom stereocenters. The van der Waals surface area contributed by atoms with Crippen molar-refractivity contribution in [3.05, 3.63) is 29.1 Å². The van der Waals surface area contributed by atoms with Gasteiger partial charge in [0, 0.05) is 12.6 Å². The van der Waals surface area contributed by atoms with Gasteiger partial charge in [0.25, 0.3) is 0 Å². The van der Waals surface area contributed by atoms with Crippen molar-refractivity contribution < 1.29 is 4.42 Å². The van der Waals surface area contributed by atoms with Crippen molar-refractivity contribution in [2.75, 3.05) is 5.73 Å². The molecule has 1 aromatic carbocycles. The number of aromatic nitrogens is 3. The fourth-order valence-electron chi connectivity index (χ4n) is 1.70. The van der Waals surface area contributed by atoms with Crippen LogP contribution in [0, 0.1) is 0 Å². The van der Waals surface area contributed by atoms with Gasteiger partial charge in [-0.1, -0.05) is 6.07 Å². The van der Waals surface area contributed by atoms with Crippen molar-refractivity contribution in [3.8, 4) is 11.3 Å². The predicted octanol–water partition coefficient (Wildman–Crippen LogP) is 2.57. The largest absolute Gasteiger partial charge is 0.443 e.